The number of aryl methyl sites for hydroxylation is 1. The fourth-order valence-electron chi connectivity index (χ4n) is 2.73. The number of nitrogens with two attached hydrogens (primary N) is 1. The number of methoxy groups -OCH3 is 1. The Labute approximate surface area is 124 Å². The van der Waals surface area contributed by atoms with Gasteiger partial charge in [0.1, 0.15) is 11.8 Å². The molecule has 1 saturated heterocycles. The van der Waals surface area contributed by atoms with Gasteiger partial charge in [0, 0.05) is 5.69 Å². The second-order valence-corrected chi connectivity index (χ2v) is 5.29. The number of hydrogen-bond donors (Lipinski definition) is 1. The van der Waals surface area contributed by atoms with E-state index in [2.05, 4.69) is 0 Å². The molecule has 0 unspecified atom stereocenters. The van der Waals surface area contributed by atoms with E-state index < -0.39 is 6.04 Å². The van der Waals surface area contributed by atoms with Gasteiger partial charge in [0.2, 0.25) is 5.91 Å². The van der Waals surface area contributed by atoms with Gasteiger partial charge in [0.15, 0.2) is 0 Å². The van der Waals surface area contributed by atoms with Crippen LogP contribution in [0.15, 0.2) is 48.5 Å². The molecule has 2 atom stereocenters. The monoisotopic (exact) mass is 282 g/mol. The zero-order chi connectivity index (χ0) is 15.0. The number of carbonyl (C=O) groups excluding carboxylic acids is 1. The molecule has 4 nitrogen and oxygen atoms in total. The lowest BCUT2D eigenvalue weighted by atomic mass is 9.88. The van der Waals surface area contributed by atoms with E-state index >= 15 is 0 Å². The topological polar surface area (TPSA) is 55.6 Å². The Kier molecular flexibility index (Phi) is 3.39. The fraction of sp³-hybridized carbons (Fsp3) is 0.235. The number of benzene rings is 2. The van der Waals surface area contributed by atoms with Crippen LogP contribution in [0.4, 0.5) is 5.69 Å². The lowest BCUT2D eigenvalue weighted by molar-refractivity contribution is -0.126. The van der Waals surface area contributed by atoms with Crippen LogP contribution in [0.1, 0.15) is 17.2 Å². The van der Waals surface area contributed by atoms with Gasteiger partial charge in [-0.3, -0.25) is 4.79 Å². The van der Waals surface area contributed by atoms with Crippen molar-refractivity contribution >= 4 is 11.6 Å². The molecule has 0 aromatic heterocycles. The molecule has 3 rings (SSSR count). The SMILES string of the molecule is COc1ccc([C@H]2[C@H](N)C(=O)N2c2cccc(C)c2)cc1. The van der Waals surface area contributed by atoms with Crippen LogP contribution in [-0.4, -0.2) is 19.1 Å². The van der Waals surface area contributed by atoms with Crippen molar-refractivity contribution in [2.24, 2.45) is 5.73 Å². The van der Waals surface area contributed by atoms with Gasteiger partial charge < -0.3 is 15.4 Å². The van der Waals surface area contributed by atoms with Crippen molar-refractivity contribution in [3.8, 4) is 5.75 Å². The normalized spacial score (nSPS) is 21.1. The molecule has 0 bridgehead atoms. The standard InChI is InChI=1S/C17H18N2O2/c1-11-4-3-5-13(10-11)19-16(15(18)17(19)20)12-6-8-14(21-2)9-7-12/h3-10,15-16H,18H2,1-2H3/t15-,16-/m0/s1. The van der Waals surface area contributed by atoms with Crippen molar-refractivity contribution in [2.45, 2.75) is 19.0 Å². The molecule has 1 amide bonds. The van der Waals surface area contributed by atoms with Crippen LogP contribution in [0.25, 0.3) is 0 Å². The third-order valence-electron chi connectivity index (χ3n) is 3.88. The van der Waals surface area contributed by atoms with E-state index in [0.29, 0.717) is 0 Å². The molecule has 1 aliphatic heterocycles. The van der Waals surface area contributed by atoms with Crippen molar-refractivity contribution in [1.29, 1.82) is 0 Å². The van der Waals surface area contributed by atoms with Crippen molar-refractivity contribution in [3.05, 3.63) is 59.7 Å². The molecule has 4 heteroatoms. The summed E-state index contributed by atoms with van der Waals surface area (Å²) in [6, 6.07) is 15.0. The number of carbonyl (C=O) groups is 1. The average molecular weight is 282 g/mol. The largest absolute Gasteiger partial charge is 0.497 e. The molecule has 21 heavy (non-hydrogen) atoms. The summed E-state index contributed by atoms with van der Waals surface area (Å²) in [6.07, 6.45) is 0. The lowest BCUT2D eigenvalue weighted by Crippen LogP contribution is -2.63. The molecule has 2 aromatic carbocycles. The van der Waals surface area contributed by atoms with Crippen molar-refractivity contribution in [3.63, 3.8) is 0 Å². The molecule has 2 aromatic rings. The highest BCUT2D eigenvalue weighted by Crippen LogP contribution is 2.38. The number of rotatable bonds is 3. The van der Waals surface area contributed by atoms with Crippen LogP contribution < -0.4 is 15.4 Å². The smallest absolute Gasteiger partial charge is 0.247 e. The summed E-state index contributed by atoms with van der Waals surface area (Å²) in [5.74, 6) is 0.751. The highest BCUT2D eigenvalue weighted by molar-refractivity contribution is 6.05. The Morgan fingerprint density at radius 3 is 2.48 bits per heavy atom. The van der Waals surface area contributed by atoms with E-state index in [1.165, 1.54) is 0 Å². The number of hydrogen-bond acceptors (Lipinski definition) is 3. The van der Waals surface area contributed by atoms with Gasteiger partial charge in [-0.1, -0.05) is 24.3 Å². The number of amides is 1. The zero-order valence-electron chi connectivity index (χ0n) is 12.1. The maximum absolute atomic E-state index is 12.2. The zero-order valence-corrected chi connectivity index (χ0v) is 12.1. The maximum Gasteiger partial charge on any atom is 0.247 e. The van der Waals surface area contributed by atoms with Gasteiger partial charge in [0.25, 0.3) is 0 Å². The first-order valence-electron chi connectivity index (χ1n) is 6.91. The summed E-state index contributed by atoms with van der Waals surface area (Å²) >= 11 is 0. The second-order valence-electron chi connectivity index (χ2n) is 5.29. The number of nitrogens with zero attached hydrogens (tertiary/aromatic N) is 1. The Bertz CT molecular complexity index is 667. The minimum Gasteiger partial charge on any atom is -0.497 e. The number of anilines is 1. The highest BCUT2D eigenvalue weighted by Gasteiger charge is 2.46. The van der Waals surface area contributed by atoms with Crippen LogP contribution in [-0.2, 0) is 4.79 Å². The summed E-state index contributed by atoms with van der Waals surface area (Å²) in [6.45, 7) is 2.01. The molecule has 1 aliphatic rings. The van der Waals surface area contributed by atoms with Gasteiger partial charge in [-0.15, -0.1) is 0 Å². The molecular formula is C17H18N2O2. The summed E-state index contributed by atoms with van der Waals surface area (Å²) in [5.41, 5.74) is 9.04. The Balaban J connectivity index is 1.94. The first-order chi connectivity index (χ1) is 10.1. The van der Waals surface area contributed by atoms with Crippen LogP contribution in [0.3, 0.4) is 0 Å². The van der Waals surface area contributed by atoms with E-state index in [9.17, 15) is 4.79 Å². The Morgan fingerprint density at radius 2 is 1.86 bits per heavy atom. The van der Waals surface area contributed by atoms with Gasteiger partial charge in [-0.25, -0.2) is 0 Å². The third-order valence-corrected chi connectivity index (χ3v) is 3.88. The quantitative estimate of drug-likeness (QED) is 0.880. The van der Waals surface area contributed by atoms with Crippen LogP contribution in [0, 0.1) is 6.92 Å². The van der Waals surface area contributed by atoms with Crippen LogP contribution >= 0.6 is 0 Å². The van der Waals surface area contributed by atoms with Crippen molar-refractivity contribution < 1.29 is 9.53 Å². The van der Waals surface area contributed by atoms with Gasteiger partial charge in [0.05, 0.1) is 13.2 Å². The minimum absolute atomic E-state index is 0.0404. The Hall–Kier alpha value is -2.33. The van der Waals surface area contributed by atoms with E-state index in [4.69, 9.17) is 10.5 Å². The predicted molar refractivity (Wildman–Crippen MR) is 82.4 cm³/mol. The highest BCUT2D eigenvalue weighted by atomic mass is 16.5. The molecule has 0 radical (unpaired) electrons. The molecular weight excluding hydrogens is 264 g/mol. The van der Waals surface area contributed by atoms with Crippen LogP contribution in [0.5, 0.6) is 5.75 Å². The molecule has 2 N–H and O–H groups in total. The summed E-state index contributed by atoms with van der Waals surface area (Å²) < 4.78 is 5.16. The maximum atomic E-state index is 12.2. The van der Waals surface area contributed by atoms with Gasteiger partial charge in [-0.2, -0.15) is 0 Å². The molecule has 0 saturated carbocycles. The Morgan fingerprint density at radius 1 is 1.14 bits per heavy atom. The van der Waals surface area contributed by atoms with E-state index in [1.54, 1.807) is 12.0 Å². The first-order valence-corrected chi connectivity index (χ1v) is 6.91. The van der Waals surface area contributed by atoms with Crippen molar-refractivity contribution in [2.75, 3.05) is 12.0 Å². The predicted octanol–water partition coefficient (Wildman–Crippen LogP) is 2.42. The number of ether oxygens (including phenoxy) is 1. The van der Waals surface area contributed by atoms with Gasteiger partial charge in [-0.05, 0) is 42.3 Å². The summed E-state index contributed by atoms with van der Waals surface area (Å²) in [5, 5.41) is 0. The molecule has 0 spiro atoms. The van der Waals surface area contributed by atoms with E-state index in [0.717, 1.165) is 22.6 Å². The van der Waals surface area contributed by atoms with E-state index in [1.807, 2.05) is 55.5 Å². The van der Waals surface area contributed by atoms with E-state index in [-0.39, 0.29) is 11.9 Å². The molecule has 0 aliphatic carbocycles. The molecule has 108 valence electrons. The third kappa shape index (κ3) is 2.28. The summed E-state index contributed by atoms with van der Waals surface area (Å²) in [4.78, 5) is 13.9. The fourth-order valence-corrected chi connectivity index (χ4v) is 2.73. The average Bonchev–Trinajstić information content (AvgIpc) is 2.51. The molecule has 1 fully saturated rings. The minimum atomic E-state index is -0.487. The molecule has 1 heterocycles. The van der Waals surface area contributed by atoms with Crippen LogP contribution in [0.2, 0.25) is 0 Å². The van der Waals surface area contributed by atoms with Crippen molar-refractivity contribution in [1.82, 2.24) is 0 Å². The second kappa shape index (κ2) is 5.22. The summed E-state index contributed by atoms with van der Waals surface area (Å²) in [7, 11) is 1.63. The first kappa shape index (κ1) is 13.6. The van der Waals surface area contributed by atoms with Gasteiger partial charge >= 0.3 is 0 Å². The number of β-lactam (4-membered cyclic amide) rings is 1. The lowest BCUT2D eigenvalue weighted by Gasteiger charge is -2.45.